The molecule has 0 aliphatic heterocycles. The molecular formula is C21H20F3N7O. The lowest BCUT2D eigenvalue weighted by Crippen LogP contribution is -2.36. The van der Waals surface area contributed by atoms with E-state index in [1.54, 1.807) is 40.6 Å². The lowest BCUT2D eigenvalue weighted by molar-refractivity contribution is -0.122. The van der Waals surface area contributed by atoms with Crippen LogP contribution in [0.2, 0.25) is 0 Å². The Morgan fingerprint density at radius 1 is 1.09 bits per heavy atom. The fourth-order valence-corrected chi connectivity index (χ4v) is 3.25. The summed E-state index contributed by atoms with van der Waals surface area (Å²) in [6, 6.07) is 9.73. The van der Waals surface area contributed by atoms with Crippen LogP contribution < -0.4 is 16.4 Å². The number of pyridine rings is 1. The maximum atomic E-state index is 12.3. The summed E-state index contributed by atoms with van der Waals surface area (Å²) in [5.41, 5.74) is 10.1. The summed E-state index contributed by atoms with van der Waals surface area (Å²) in [6.07, 6.45) is 2.78. The maximum Gasteiger partial charge on any atom is 0.405 e. The Morgan fingerprint density at radius 3 is 2.72 bits per heavy atom. The van der Waals surface area contributed by atoms with Crippen LogP contribution in [0.5, 0.6) is 0 Å². The van der Waals surface area contributed by atoms with Gasteiger partial charge in [0.25, 0.3) is 0 Å². The second kappa shape index (κ2) is 8.71. The summed E-state index contributed by atoms with van der Waals surface area (Å²) < 4.78 is 40.5. The number of imidazole rings is 1. The summed E-state index contributed by atoms with van der Waals surface area (Å²) in [7, 11) is 0. The molecule has 0 spiro atoms. The molecule has 0 fully saturated rings. The van der Waals surface area contributed by atoms with Gasteiger partial charge in [0.15, 0.2) is 0 Å². The molecule has 3 aromatic heterocycles. The molecular weight excluding hydrogens is 423 g/mol. The van der Waals surface area contributed by atoms with Gasteiger partial charge in [0, 0.05) is 35.8 Å². The molecule has 1 aromatic carbocycles. The molecule has 0 saturated carbocycles. The van der Waals surface area contributed by atoms with Gasteiger partial charge in [-0.05, 0) is 29.8 Å². The number of rotatable bonds is 6. The maximum absolute atomic E-state index is 12.3. The number of nitrogens with zero attached hydrogens (tertiary/aromatic N) is 4. The van der Waals surface area contributed by atoms with E-state index in [9.17, 15) is 18.0 Å². The van der Waals surface area contributed by atoms with Gasteiger partial charge in [-0.2, -0.15) is 18.3 Å². The van der Waals surface area contributed by atoms with Crippen LogP contribution in [0.15, 0.2) is 61.2 Å². The van der Waals surface area contributed by atoms with Crippen LogP contribution in [-0.2, 0) is 6.54 Å². The Hall–Kier alpha value is -3.86. The van der Waals surface area contributed by atoms with Gasteiger partial charge in [0.2, 0.25) is 0 Å². The highest BCUT2D eigenvalue weighted by atomic mass is 19.4. The van der Waals surface area contributed by atoms with Gasteiger partial charge in [-0.15, -0.1) is 0 Å². The number of fused-ring (bicyclic) bond motifs is 1. The first-order chi connectivity index (χ1) is 15.3. The quantitative estimate of drug-likeness (QED) is 0.424. The molecule has 3 heterocycles. The first-order valence-electron chi connectivity index (χ1n) is 9.74. The number of halogens is 3. The molecule has 0 saturated heterocycles. The lowest BCUT2D eigenvalue weighted by atomic mass is 10.1. The zero-order valence-corrected chi connectivity index (χ0v) is 16.8. The number of carbonyl (C=O) groups is 1. The first-order valence-corrected chi connectivity index (χ1v) is 9.74. The van der Waals surface area contributed by atoms with Crippen molar-refractivity contribution in [1.29, 1.82) is 0 Å². The molecule has 4 rings (SSSR count). The van der Waals surface area contributed by atoms with Crippen LogP contribution in [0.1, 0.15) is 0 Å². The third-order valence-corrected chi connectivity index (χ3v) is 4.70. The van der Waals surface area contributed by atoms with Crippen molar-refractivity contribution in [2.24, 2.45) is 5.73 Å². The molecule has 32 heavy (non-hydrogen) atoms. The largest absolute Gasteiger partial charge is 0.405 e. The van der Waals surface area contributed by atoms with Crippen LogP contribution in [0, 0.1) is 0 Å². The highest BCUT2D eigenvalue weighted by Crippen LogP contribution is 2.26. The first kappa shape index (κ1) is 21.4. The van der Waals surface area contributed by atoms with Crippen molar-refractivity contribution in [2.75, 3.05) is 18.4 Å². The number of benzene rings is 1. The number of hydrogen-bond acceptors (Lipinski definition) is 4. The van der Waals surface area contributed by atoms with Crippen LogP contribution in [-0.4, -0.2) is 44.5 Å². The minimum absolute atomic E-state index is 0.362. The number of amides is 2. The van der Waals surface area contributed by atoms with Crippen molar-refractivity contribution in [2.45, 2.75) is 12.7 Å². The van der Waals surface area contributed by atoms with Crippen molar-refractivity contribution >= 4 is 17.4 Å². The molecule has 2 amide bonds. The molecule has 8 nitrogen and oxygen atoms in total. The second-order valence-corrected chi connectivity index (χ2v) is 7.07. The molecule has 0 unspecified atom stereocenters. The number of urea groups is 1. The van der Waals surface area contributed by atoms with Gasteiger partial charge in [0.05, 0.1) is 24.6 Å². The second-order valence-electron chi connectivity index (χ2n) is 7.07. The van der Waals surface area contributed by atoms with E-state index in [1.165, 1.54) is 0 Å². The van der Waals surface area contributed by atoms with Crippen molar-refractivity contribution in [3.05, 3.63) is 61.2 Å². The van der Waals surface area contributed by atoms with E-state index in [1.807, 2.05) is 35.0 Å². The topological polar surface area (TPSA) is 102 Å². The Morgan fingerprint density at radius 2 is 1.94 bits per heavy atom. The van der Waals surface area contributed by atoms with E-state index < -0.39 is 18.8 Å². The molecule has 0 bridgehead atoms. The average molecular weight is 443 g/mol. The number of alkyl halides is 3. The van der Waals surface area contributed by atoms with Gasteiger partial charge in [-0.25, -0.2) is 9.78 Å². The van der Waals surface area contributed by atoms with Crippen molar-refractivity contribution in [1.82, 2.24) is 24.5 Å². The van der Waals surface area contributed by atoms with E-state index >= 15 is 0 Å². The minimum atomic E-state index is -4.47. The summed E-state index contributed by atoms with van der Waals surface area (Å²) in [4.78, 5) is 16.2. The SMILES string of the molecule is NCCn1cc(-c2ccn3c(-c4cccc(NC(=O)NCC(F)(F)F)c4)cnc3c2)cn1. The summed E-state index contributed by atoms with van der Waals surface area (Å²) in [5.74, 6) is 0. The Kier molecular flexibility index (Phi) is 5.82. The molecule has 11 heteroatoms. The fourth-order valence-electron chi connectivity index (χ4n) is 3.25. The van der Waals surface area contributed by atoms with E-state index in [0.717, 1.165) is 22.4 Å². The smallest absolute Gasteiger partial charge is 0.329 e. The number of nitrogens with one attached hydrogen (secondary N) is 2. The number of aromatic nitrogens is 4. The van der Waals surface area contributed by atoms with E-state index in [4.69, 9.17) is 5.73 Å². The molecule has 0 aliphatic carbocycles. The zero-order chi connectivity index (χ0) is 22.7. The molecule has 4 N–H and O–H groups in total. The lowest BCUT2D eigenvalue weighted by Gasteiger charge is -2.11. The summed E-state index contributed by atoms with van der Waals surface area (Å²) >= 11 is 0. The molecule has 4 aromatic rings. The average Bonchev–Trinajstić information content (AvgIpc) is 3.39. The third-order valence-electron chi connectivity index (χ3n) is 4.70. The van der Waals surface area contributed by atoms with Crippen molar-refractivity contribution < 1.29 is 18.0 Å². The van der Waals surface area contributed by atoms with Crippen LogP contribution in [0.4, 0.5) is 23.7 Å². The van der Waals surface area contributed by atoms with Crippen molar-refractivity contribution in [3.8, 4) is 22.4 Å². The summed E-state index contributed by atoms with van der Waals surface area (Å²) in [5, 5.41) is 8.47. The molecule has 0 atom stereocenters. The Balaban J connectivity index is 1.55. The van der Waals surface area contributed by atoms with Gasteiger partial charge in [-0.3, -0.25) is 9.08 Å². The fraction of sp³-hybridized carbons (Fsp3) is 0.190. The third kappa shape index (κ3) is 4.89. The van der Waals surface area contributed by atoms with Crippen LogP contribution in [0.3, 0.4) is 0 Å². The normalized spacial score (nSPS) is 11.6. The molecule has 166 valence electrons. The molecule has 0 aliphatic rings. The predicted molar refractivity (Wildman–Crippen MR) is 114 cm³/mol. The monoisotopic (exact) mass is 443 g/mol. The van der Waals surface area contributed by atoms with E-state index in [0.29, 0.717) is 24.4 Å². The Labute approximate surface area is 180 Å². The van der Waals surface area contributed by atoms with Crippen LogP contribution >= 0.6 is 0 Å². The molecule has 0 radical (unpaired) electrons. The van der Waals surface area contributed by atoms with E-state index in [2.05, 4.69) is 15.4 Å². The number of carbonyl (C=O) groups excluding carboxylic acids is 1. The zero-order valence-electron chi connectivity index (χ0n) is 16.8. The van der Waals surface area contributed by atoms with Gasteiger partial charge in [0.1, 0.15) is 12.2 Å². The van der Waals surface area contributed by atoms with Gasteiger partial charge < -0.3 is 16.4 Å². The summed E-state index contributed by atoms with van der Waals surface area (Å²) in [6.45, 7) is -0.269. The minimum Gasteiger partial charge on any atom is -0.329 e. The number of nitrogens with two attached hydrogens (primary N) is 1. The van der Waals surface area contributed by atoms with Gasteiger partial charge in [-0.1, -0.05) is 12.1 Å². The van der Waals surface area contributed by atoms with Crippen LogP contribution in [0.25, 0.3) is 28.0 Å². The van der Waals surface area contributed by atoms with Gasteiger partial charge >= 0.3 is 12.2 Å². The van der Waals surface area contributed by atoms with E-state index in [-0.39, 0.29) is 0 Å². The number of anilines is 1. The van der Waals surface area contributed by atoms with Crippen molar-refractivity contribution in [3.63, 3.8) is 0 Å². The number of hydrogen-bond donors (Lipinski definition) is 3. The highest BCUT2D eigenvalue weighted by Gasteiger charge is 2.27. The highest BCUT2D eigenvalue weighted by molar-refractivity contribution is 5.90. The standard InChI is InChI=1S/C21H20F3N7O/c22-21(23,24)13-27-20(32)29-17-3-1-2-15(8-17)18-11-26-19-9-14(4-6-31(18)19)16-10-28-30(12-16)7-5-25/h1-4,6,8-12H,5,7,13,25H2,(H2,27,29,32). The Bertz CT molecular complexity index is 1250. The predicted octanol–water partition coefficient (Wildman–Crippen LogP) is 3.51.